The van der Waals surface area contributed by atoms with E-state index < -0.39 is 6.10 Å². The van der Waals surface area contributed by atoms with Crippen molar-refractivity contribution < 1.29 is 9.84 Å². The van der Waals surface area contributed by atoms with E-state index in [1.54, 1.807) is 0 Å². The molecule has 0 bridgehead atoms. The molecule has 0 aliphatic heterocycles. The van der Waals surface area contributed by atoms with Crippen LogP contribution in [0, 0.1) is 0 Å². The van der Waals surface area contributed by atoms with Gasteiger partial charge in [0.05, 0.1) is 11.7 Å². The number of halogens is 1. The third-order valence-electron chi connectivity index (χ3n) is 2.39. The van der Waals surface area contributed by atoms with Crippen molar-refractivity contribution in [1.29, 1.82) is 0 Å². The minimum atomic E-state index is -0.589. The van der Waals surface area contributed by atoms with Gasteiger partial charge in [-0.05, 0) is 17.7 Å². The van der Waals surface area contributed by atoms with Crippen molar-refractivity contribution in [2.75, 3.05) is 13.2 Å². The Balaban J connectivity index is 1.63. The smallest absolute Gasteiger partial charge is 0.245 e. The van der Waals surface area contributed by atoms with Crippen molar-refractivity contribution >= 4 is 23.3 Å². The van der Waals surface area contributed by atoms with Crippen molar-refractivity contribution in [3.63, 3.8) is 0 Å². The Bertz CT molecular complexity index is 478. The van der Waals surface area contributed by atoms with Gasteiger partial charge in [0.25, 0.3) is 0 Å². The average Bonchev–Trinajstić information content (AvgIpc) is 2.92. The minimum Gasteiger partial charge on any atom is -0.473 e. The van der Waals surface area contributed by atoms with Gasteiger partial charge in [-0.15, -0.1) is 4.37 Å². The number of hydrogen-bond acceptors (Lipinski definition) is 6. The summed E-state index contributed by atoms with van der Waals surface area (Å²) < 4.78 is 13.0. The van der Waals surface area contributed by atoms with Gasteiger partial charge in [-0.25, -0.2) is 0 Å². The lowest BCUT2D eigenvalue weighted by atomic mass is 10.2. The van der Waals surface area contributed by atoms with Crippen LogP contribution in [-0.4, -0.2) is 33.1 Å². The normalized spacial score (nSPS) is 12.3. The summed E-state index contributed by atoms with van der Waals surface area (Å²) in [4.78, 5) is 0. The van der Waals surface area contributed by atoms with Crippen LogP contribution >= 0.6 is 23.3 Å². The Morgan fingerprint density at radius 2 is 2.16 bits per heavy atom. The van der Waals surface area contributed by atoms with Crippen LogP contribution in [0.25, 0.3) is 0 Å². The maximum Gasteiger partial charge on any atom is 0.245 e. The van der Waals surface area contributed by atoms with Gasteiger partial charge in [0.1, 0.15) is 18.9 Å². The Kier molecular flexibility index (Phi) is 5.53. The number of nitrogens with one attached hydrogen (secondary N) is 1. The molecule has 0 aliphatic rings. The van der Waals surface area contributed by atoms with Gasteiger partial charge in [-0.3, -0.25) is 0 Å². The lowest BCUT2D eigenvalue weighted by Crippen LogP contribution is -2.31. The number of hydrogen-bond donors (Lipinski definition) is 2. The highest BCUT2D eigenvalue weighted by Crippen LogP contribution is 2.09. The Morgan fingerprint density at radius 1 is 1.37 bits per heavy atom. The van der Waals surface area contributed by atoms with Crippen LogP contribution in [0.15, 0.2) is 30.5 Å². The van der Waals surface area contributed by atoms with Gasteiger partial charge in [0, 0.05) is 18.1 Å². The van der Waals surface area contributed by atoms with E-state index in [4.69, 9.17) is 16.3 Å². The van der Waals surface area contributed by atoms with Crippen molar-refractivity contribution in [1.82, 2.24) is 14.1 Å². The summed E-state index contributed by atoms with van der Waals surface area (Å²) in [6.45, 7) is 1.31. The first kappa shape index (κ1) is 14.2. The molecule has 0 saturated heterocycles. The van der Waals surface area contributed by atoms with E-state index in [0.717, 1.165) is 17.3 Å². The summed E-state index contributed by atoms with van der Waals surface area (Å²) >= 11 is 6.87. The van der Waals surface area contributed by atoms with Crippen LogP contribution in [0.3, 0.4) is 0 Å². The molecule has 2 N–H and O–H groups in total. The van der Waals surface area contributed by atoms with Crippen LogP contribution in [0.5, 0.6) is 5.88 Å². The first-order valence-electron chi connectivity index (χ1n) is 5.77. The molecular weight excluding hydrogens is 286 g/mol. The number of aliphatic hydroxyl groups excluding tert-OH is 1. The highest BCUT2D eigenvalue weighted by atomic mass is 35.5. The predicted octanol–water partition coefficient (Wildman–Crippen LogP) is 1.72. The van der Waals surface area contributed by atoms with E-state index in [2.05, 4.69) is 14.1 Å². The van der Waals surface area contributed by atoms with Gasteiger partial charge in [-0.2, -0.15) is 4.37 Å². The number of nitrogens with zero attached hydrogens (tertiary/aromatic N) is 2. The fraction of sp³-hybridized carbons (Fsp3) is 0.333. The van der Waals surface area contributed by atoms with Gasteiger partial charge < -0.3 is 15.2 Å². The molecule has 19 heavy (non-hydrogen) atoms. The van der Waals surface area contributed by atoms with E-state index in [0.29, 0.717) is 24.0 Å². The van der Waals surface area contributed by atoms with Gasteiger partial charge in [0.2, 0.25) is 5.88 Å². The zero-order valence-electron chi connectivity index (χ0n) is 10.1. The zero-order chi connectivity index (χ0) is 13.5. The molecule has 0 spiro atoms. The topological polar surface area (TPSA) is 67.3 Å². The molecule has 0 fully saturated rings. The molecule has 0 amide bonds. The summed E-state index contributed by atoms with van der Waals surface area (Å²) in [5.41, 5.74) is 1.11. The summed E-state index contributed by atoms with van der Waals surface area (Å²) in [6, 6.07) is 7.57. The molecule has 1 aromatic heterocycles. The molecule has 1 unspecified atom stereocenters. The minimum absolute atomic E-state index is 0.193. The van der Waals surface area contributed by atoms with Crippen LogP contribution in [0.4, 0.5) is 0 Å². The largest absolute Gasteiger partial charge is 0.473 e. The highest BCUT2D eigenvalue weighted by molar-refractivity contribution is 6.99. The molecule has 2 aromatic rings. The first-order chi connectivity index (χ1) is 9.24. The van der Waals surface area contributed by atoms with E-state index in [1.807, 2.05) is 24.3 Å². The molecule has 102 valence electrons. The summed E-state index contributed by atoms with van der Waals surface area (Å²) in [5.74, 6) is 0.446. The summed E-state index contributed by atoms with van der Waals surface area (Å²) in [5, 5.41) is 13.6. The fourth-order valence-electron chi connectivity index (χ4n) is 1.45. The highest BCUT2D eigenvalue weighted by Gasteiger charge is 2.06. The third kappa shape index (κ3) is 5.12. The van der Waals surface area contributed by atoms with Crippen molar-refractivity contribution in [3.8, 4) is 5.88 Å². The van der Waals surface area contributed by atoms with Crippen LogP contribution in [0.2, 0.25) is 5.02 Å². The number of ether oxygens (including phenoxy) is 1. The Hall–Kier alpha value is -1.21. The molecule has 2 rings (SSSR count). The second kappa shape index (κ2) is 7.40. The molecule has 7 heteroatoms. The Morgan fingerprint density at radius 3 is 2.84 bits per heavy atom. The first-order valence-corrected chi connectivity index (χ1v) is 6.88. The lowest BCUT2D eigenvalue weighted by Gasteiger charge is -2.11. The van der Waals surface area contributed by atoms with Crippen molar-refractivity contribution in [2.45, 2.75) is 12.6 Å². The number of rotatable bonds is 7. The lowest BCUT2D eigenvalue weighted by molar-refractivity contribution is 0.104. The number of aromatic nitrogens is 2. The van der Waals surface area contributed by atoms with E-state index in [1.165, 1.54) is 6.20 Å². The molecule has 0 radical (unpaired) electrons. The molecule has 0 saturated carbocycles. The average molecular weight is 300 g/mol. The second-order valence-electron chi connectivity index (χ2n) is 3.97. The van der Waals surface area contributed by atoms with Crippen LogP contribution in [0.1, 0.15) is 5.56 Å². The molecule has 5 nitrogen and oxygen atoms in total. The van der Waals surface area contributed by atoms with Crippen LogP contribution in [-0.2, 0) is 6.54 Å². The van der Waals surface area contributed by atoms with E-state index in [9.17, 15) is 5.11 Å². The number of benzene rings is 1. The summed E-state index contributed by atoms with van der Waals surface area (Å²) in [7, 11) is 0. The predicted molar refractivity (Wildman–Crippen MR) is 74.6 cm³/mol. The van der Waals surface area contributed by atoms with E-state index in [-0.39, 0.29) is 6.61 Å². The molecule has 1 aromatic carbocycles. The van der Waals surface area contributed by atoms with Gasteiger partial charge in [-0.1, -0.05) is 23.7 Å². The molecule has 1 atom stereocenters. The van der Waals surface area contributed by atoms with Crippen LogP contribution < -0.4 is 10.1 Å². The fourth-order valence-corrected chi connectivity index (χ4v) is 1.94. The molecular formula is C12H14ClN3O2S. The standard InChI is InChI=1S/C12H14ClN3O2S/c13-10-3-1-9(2-4-10)5-14-6-11(17)8-18-12-7-15-19-16-12/h1-4,7,11,14,17H,5-6,8H2. The summed E-state index contributed by atoms with van der Waals surface area (Å²) in [6.07, 6.45) is 0.937. The number of aliphatic hydroxyl groups is 1. The van der Waals surface area contributed by atoms with Crippen molar-refractivity contribution in [2.24, 2.45) is 0 Å². The quantitative estimate of drug-likeness (QED) is 0.815. The third-order valence-corrected chi connectivity index (χ3v) is 3.10. The van der Waals surface area contributed by atoms with Gasteiger partial charge in [0.15, 0.2) is 0 Å². The zero-order valence-corrected chi connectivity index (χ0v) is 11.7. The second-order valence-corrected chi connectivity index (χ2v) is 4.96. The molecule has 0 aliphatic carbocycles. The van der Waals surface area contributed by atoms with Crippen molar-refractivity contribution in [3.05, 3.63) is 41.0 Å². The maximum atomic E-state index is 9.72. The molecule has 1 heterocycles. The SMILES string of the molecule is OC(CNCc1ccc(Cl)cc1)COc1cnsn1. The monoisotopic (exact) mass is 299 g/mol. The Labute approximate surface area is 120 Å². The maximum absolute atomic E-state index is 9.72. The van der Waals surface area contributed by atoms with E-state index >= 15 is 0 Å². The van der Waals surface area contributed by atoms with Gasteiger partial charge >= 0.3 is 0 Å².